The Kier molecular flexibility index (Phi) is 8.15. The third-order valence-electron chi connectivity index (χ3n) is 4.17. The summed E-state index contributed by atoms with van der Waals surface area (Å²) >= 11 is 14.0. The predicted octanol–water partition coefficient (Wildman–Crippen LogP) is 4.13. The highest BCUT2D eigenvalue weighted by atomic mass is 35.5. The number of thioether (sulfide) groups is 1. The van der Waals surface area contributed by atoms with E-state index in [4.69, 9.17) is 32.7 Å². The van der Waals surface area contributed by atoms with Crippen LogP contribution in [0.15, 0.2) is 35.5 Å². The number of methoxy groups -OCH3 is 1. The Bertz CT molecular complexity index is 985. The minimum Gasteiger partial charge on any atom is -0.493 e. The molecule has 0 aliphatic carbocycles. The second-order valence-electron chi connectivity index (χ2n) is 6.19. The van der Waals surface area contributed by atoms with Crippen molar-refractivity contribution in [1.29, 1.82) is 0 Å². The molecule has 11 heteroatoms. The summed E-state index contributed by atoms with van der Waals surface area (Å²) in [5.41, 5.74) is 1.13. The van der Waals surface area contributed by atoms with Crippen LogP contribution in [0.4, 0.5) is 4.39 Å². The van der Waals surface area contributed by atoms with Crippen molar-refractivity contribution in [3.8, 4) is 11.5 Å². The first kappa shape index (κ1) is 22.6. The maximum atomic E-state index is 13.9. The van der Waals surface area contributed by atoms with Gasteiger partial charge in [0.15, 0.2) is 11.5 Å². The van der Waals surface area contributed by atoms with E-state index in [2.05, 4.69) is 20.8 Å². The van der Waals surface area contributed by atoms with Gasteiger partial charge in [-0.25, -0.2) is 9.07 Å². The minimum absolute atomic E-state index is 0.0378. The average molecular weight is 472 g/mol. The van der Waals surface area contributed by atoms with E-state index in [0.717, 1.165) is 23.0 Å². The van der Waals surface area contributed by atoms with Gasteiger partial charge in [0.2, 0.25) is 5.16 Å². The van der Waals surface area contributed by atoms with Crippen molar-refractivity contribution in [3.63, 3.8) is 0 Å². The van der Waals surface area contributed by atoms with Crippen LogP contribution in [0.25, 0.3) is 0 Å². The van der Waals surface area contributed by atoms with Gasteiger partial charge in [0.25, 0.3) is 0 Å². The highest BCUT2D eigenvalue weighted by Gasteiger charge is 2.13. The van der Waals surface area contributed by atoms with E-state index in [1.807, 2.05) is 0 Å². The first-order valence-electron chi connectivity index (χ1n) is 8.97. The van der Waals surface area contributed by atoms with Gasteiger partial charge in [-0.15, -0.1) is 5.10 Å². The molecule has 0 saturated heterocycles. The van der Waals surface area contributed by atoms with E-state index in [-0.39, 0.29) is 12.2 Å². The second kappa shape index (κ2) is 10.8. The van der Waals surface area contributed by atoms with Gasteiger partial charge < -0.3 is 14.8 Å². The number of halogens is 3. The lowest BCUT2D eigenvalue weighted by molar-refractivity contribution is 0.279. The topological polar surface area (TPSA) is 74.1 Å². The third-order valence-corrected chi connectivity index (χ3v) is 5.89. The number of nitrogens with one attached hydrogen (secondary N) is 1. The van der Waals surface area contributed by atoms with Crippen molar-refractivity contribution in [2.75, 3.05) is 19.4 Å². The molecule has 7 nitrogen and oxygen atoms in total. The Hall–Kier alpha value is -2.07. The second-order valence-corrected chi connectivity index (χ2v) is 8.07. The summed E-state index contributed by atoms with van der Waals surface area (Å²) in [7, 11) is 3.33. The van der Waals surface area contributed by atoms with Crippen LogP contribution < -0.4 is 14.8 Å². The van der Waals surface area contributed by atoms with Gasteiger partial charge in [-0.1, -0.05) is 41.0 Å². The number of hydrogen-bond acceptors (Lipinski definition) is 7. The lowest BCUT2D eigenvalue weighted by Gasteiger charge is -2.15. The van der Waals surface area contributed by atoms with E-state index in [1.54, 1.807) is 47.8 Å². The molecular formula is C19H20Cl2FN5O2S. The largest absolute Gasteiger partial charge is 0.493 e. The molecule has 0 unspecified atom stereocenters. The summed E-state index contributed by atoms with van der Waals surface area (Å²) in [5.74, 6) is 1.29. The van der Waals surface area contributed by atoms with Crippen LogP contribution in [0, 0.1) is 5.82 Å². The van der Waals surface area contributed by atoms with Crippen molar-refractivity contribution in [2.24, 2.45) is 7.05 Å². The molecule has 30 heavy (non-hydrogen) atoms. The van der Waals surface area contributed by atoms with E-state index in [1.165, 1.54) is 13.2 Å². The Labute approximate surface area is 187 Å². The standard InChI is InChI=1S/C19H20Cl2FN5O2S/c1-27-19(24-25-26-27)30-7-6-23-10-12-8-17(28-2)18(9-15(12)21)29-11-13-14(20)4-3-5-16(13)22/h3-5,8-9,23H,6-7,10-11H2,1-2H3. The smallest absolute Gasteiger partial charge is 0.209 e. The SMILES string of the molecule is COc1cc(CNCCSc2nnnn2C)c(Cl)cc1OCc1c(F)cccc1Cl. The molecule has 0 atom stereocenters. The molecule has 0 spiro atoms. The summed E-state index contributed by atoms with van der Waals surface area (Å²) < 4.78 is 26.7. The predicted molar refractivity (Wildman–Crippen MR) is 115 cm³/mol. The van der Waals surface area contributed by atoms with Crippen LogP contribution in [-0.4, -0.2) is 39.6 Å². The van der Waals surface area contributed by atoms with Gasteiger partial charge in [-0.2, -0.15) is 0 Å². The van der Waals surface area contributed by atoms with Crippen LogP contribution >= 0.6 is 35.0 Å². The molecule has 1 N–H and O–H groups in total. The molecule has 0 amide bonds. The molecule has 1 aromatic heterocycles. The fourth-order valence-electron chi connectivity index (χ4n) is 2.59. The van der Waals surface area contributed by atoms with Crippen LogP contribution in [0.3, 0.4) is 0 Å². The minimum atomic E-state index is -0.427. The number of tetrazole rings is 1. The number of nitrogens with zero attached hydrogens (tertiary/aromatic N) is 4. The fraction of sp³-hybridized carbons (Fsp3) is 0.316. The number of benzene rings is 2. The monoisotopic (exact) mass is 471 g/mol. The fourth-order valence-corrected chi connectivity index (χ4v) is 3.77. The van der Waals surface area contributed by atoms with Gasteiger partial charge >= 0.3 is 0 Å². The van der Waals surface area contributed by atoms with Gasteiger partial charge in [-0.3, -0.25) is 0 Å². The lowest BCUT2D eigenvalue weighted by Crippen LogP contribution is -2.17. The molecular weight excluding hydrogens is 452 g/mol. The van der Waals surface area contributed by atoms with Crippen molar-refractivity contribution in [2.45, 2.75) is 18.3 Å². The van der Waals surface area contributed by atoms with E-state index >= 15 is 0 Å². The number of aromatic nitrogens is 4. The Morgan fingerprint density at radius 3 is 2.73 bits per heavy atom. The van der Waals surface area contributed by atoms with Crippen molar-refractivity contribution in [3.05, 3.63) is 57.3 Å². The highest BCUT2D eigenvalue weighted by Crippen LogP contribution is 2.34. The molecule has 3 aromatic rings. The van der Waals surface area contributed by atoms with Gasteiger partial charge in [-0.05, 0) is 34.2 Å². The zero-order chi connectivity index (χ0) is 21.5. The molecule has 0 bridgehead atoms. The number of rotatable bonds is 10. The normalized spacial score (nSPS) is 11.0. The Morgan fingerprint density at radius 1 is 1.20 bits per heavy atom. The van der Waals surface area contributed by atoms with E-state index in [9.17, 15) is 4.39 Å². The van der Waals surface area contributed by atoms with E-state index < -0.39 is 5.82 Å². The molecule has 3 rings (SSSR count). The first-order valence-corrected chi connectivity index (χ1v) is 10.7. The van der Waals surface area contributed by atoms with Gasteiger partial charge in [0.1, 0.15) is 12.4 Å². The molecule has 0 aliphatic rings. The average Bonchev–Trinajstić information content (AvgIpc) is 3.13. The van der Waals surface area contributed by atoms with Crippen molar-refractivity contribution in [1.82, 2.24) is 25.5 Å². The summed E-state index contributed by atoms with van der Waals surface area (Å²) in [4.78, 5) is 0. The number of aryl methyl sites for hydroxylation is 1. The van der Waals surface area contributed by atoms with Crippen molar-refractivity contribution >= 4 is 35.0 Å². The number of hydrogen-bond donors (Lipinski definition) is 1. The first-order chi connectivity index (χ1) is 14.5. The Balaban J connectivity index is 1.57. The molecule has 160 valence electrons. The summed E-state index contributed by atoms with van der Waals surface area (Å²) in [6, 6.07) is 7.95. The summed E-state index contributed by atoms with van der Waals surface area (Å²) in [6.07, 6.45) is 0. The molecule has 2 aromatic carbocycles. The maximum absolute atomic E-state index is 13.9. The van der Waals surface area contributed by atoms with Crippen LogP contribution in [-0.2, 0) is 20.2 Å². The van der Waals surface area contributed by atoms with Crippen LogP contribution in [0.2, 0.25) is 10.0 Å². The molecule has 0 saturated carbocycles. The van der Waals surface area contributed by atoms with Crippen LogP contribution in [0.1, 0.15) is 11.1 Å². The Morgan fingerprint density at radius 2 is 2.03 bits per heavy atom. The molecule has 0 radical (unpaired) electrons. The molecule has 0 aliphatic heterocycles. The van der Waals surface area contributed by atoms with Crippen molar-refractivity contribution < 1.29 is 13.9 Å². The van der Waals surface area contributed by atoms with Crippen LogP contribution in [0.5, 0.6) is 11.5 Å². The maximum Gasteiger partial charge on any atom is 0.209 e. The van der Waals surface area contributed by atoms with Gasteiger partial charge in [0, 0.05) is 42.5 Å². The number of ether oxygens (including phenoxy) is 2. The van der Waals surface area contributed by atoms with E-state index in [0.29, 0.717) is 28.1 Å². The quantitative estimate of drug-likeness (QED) is 0.352. The molecule has 0 fully saturated rings. The van der Waals surface area contributed by atoms with Gasteiger partial charge in [0.05, 0.1) is 12.1 Å². The summed E-state index contributed by atoms with van der Waals surface area (Å²) in [5, 5.41) is 16.2. The zero-order valence-corrected chi connectivity index (χ0v) is 18.7. The zero-order valence-electron chi connectivity index (χ0n) is 16.4. The highest BCUT2D eigenvalue weighted by molar-refractivity contribution is 7.99. The lowest BCUT2D eigenvalue weighted by atomic mass is 10.2. The third kappa shape index (κ3) is 5.75. The molecule has 1 heterocycles. The summed E-state index contributed by atoms with van der Waals surface area (Å²) in [6.45, 7) is 1.25.